The fourth-order valence-electron chi connectivity index (χ4n) is 0.783. The molecule has 2 heteroatoms. The number of rotatable bonds is 4. The summed E-state index contributed by atoms with van der Waals surface area (Å²) in [5.74, 6) is 0. The van der Waals surface area contributed by atoms with E-state index >= 15 is 0 Å². The highest BCUT2D eigenvalue weighted by molar-refractivity contribution is 5.80. The fourth-order valence-corrected chi connectivity index (χ4v) is 0.783. The average molecular weight is 128 g/mol. The van der Waals surface area contributed by atoms with Crippen LogP contribution in [0.5, 0.6) is 0 Å². The van der Waals surface area contributed by atoms with Crippen LogP contribution in [0.15, 0.2) is 0 Å². The van der Waals surface area contributed by atoms with Gasteiger partial charge < -0.3 is 5.41 Å². The molecule has 9 heavy (non-hydrogen) atoms. The zero-order chi connectivity index (χ0) is 7.28. The van der Waals surface area contributed by atoms with Gasteiger partial charge in [-0.25, -0.2) is 0 Å². The van der Waals surface area contributed by atoms with Crippen LogP contribution >= 0.6 is 0 Å². The second kappa shape index (κ2) is 4.50. The number of nitrogens with one attached hydrogen (secondary N) is 1. The smallest absolute Gasteiger partial charge is 0.0357 e. The molecule has 0 spiro atoms. The van der Waals surface area contributed by atoms with Crippen molar-refractivity contribution < 1.29 is 0 Å². The predicted molar refractivity (Wildman–Crippen MR) is 41.2 cm³/mol. The second-order valence-electron chi connectivity index (χ2n) is 2.24. The molecule has 2 nitrogen and oxygen atoms in total. The molecule has 0 saturated heterocycles. The highest BCUT2D eigenvalue weighted by Gasteiger charge is 1.97. The first kappa shape index (κ1) is 8.63. The van der Waals surface area contributed by atoms with E-state index in [1.54, 1.807) is 0 Å². The maximum atomic E-state index is 7.19. The largest absolute Gasteiger partial charge is 0.309 e. The van der Waals surface area contributed by atoms with E-state index in [0.29, 0.717) is 0 Å². The lowest BCUT2D eigenvalue weighted by molar-refractivity contribution is 0.346. The lowest BCUT2D eigenvalue weighted by atomic mass is 10.4. The molecular formula is C7H16N2. The first-order chi connectivity index (χ1) is 4.20. The lowest BCUT2D eigenvalue weighted by Gasteiger charge is -2.16. The van der Waals surface area contributed by atoms with Gasteiger partial charge in [-0.3, -0.25) is 4.90 Å². The van der Waals surface area contributed by atoms with Crippen LogP contribution in [0.1, 0.15) is 20.8 Å². The molecule has 0 aromatic carbocycles. The molecule has 0 aromatic heterocycles. The van der Waals surface area contributed by atoms with Gasteiger partial charge in [0.1, 0.15) is 0 Å². The van der Waals surface area contributed by atoms with Gasteiger partial charge in [-0.1, -0.05) is 13.8 Å². The van der Waals surface area contributed by atoms with Crippen LogP contribution < -0.4 is 0 Å². The molecule has 54 valence electrons. The summed E-state index contributed by atoms with van der Waals surface area (Å²) < 4.78 is 0. The highest BCUT2D eigenvalue weighted by Crippen LogP contribution is 1.85. The van der Waals surface area contributed by atoms with Crippen molar-refractivity contribution in [1.29, 1.82) is 5.41 Å². The summed E-state index contributed by atoms with van der Waals surface area (Å²) in [7, 11) is 0. The summed E-state index contributed by atoms with van der Waals surface area (Å²) >= 11 is 0. The molecule has 0 aromatic rings. The van der Waals surface area contributed by atoms with Crippen molar-refractivity contribution in [3.05, 3.63) is 0 Å². The molecular weight excluding hydrogens is 112 g/mol. The van der Waals surface area contributed by atoms with E-state index in [0.717, 1.165) is 25.3 Å². The third-order valence-electron chi connectivity index (χ3n) is 1.36. The second-order valence-corrected chi connectivity index (χ2v) is 2.24. The SMILES string of the molecule is CCN(CC)CC(C)=N. The molecule has 0 aliphatic heterocycles. The van der Waals surface area contributed by atoms with Gasteiger partial charge >= 0.3 is 0 Å². The molecule has 1 N–H and O–H groups in total. The summed E-state index contributed by atoms with van der Waals surface area (Å²) in [4.78, 5) is 2.22. The Balaban J connectivity index is 3.43. The van der Waals surface area contributed by atoms with Crippen LogP contribution in [0.4, 0.5) is 0 Å². The van der Waals surface area contributed by atoms with Crippen molar-refractivity contribution in [1.82, 2.24) is 4.90 Å². The van der Waals surface area contributed by atoms with Crippen molar-refractivity contribution in [2.75, 3.05) is 19.6 Å². The zero-order valence-electron chi connectivity index (χ0n) is 6.57. The molecule has 0 amide bonds. The van der Waals surface area contributed by atoms with Crippen molar-refractivity contribution in [2.24, 2.45) is 0 Å². The third kappa shape index (κ3) is 4.15. The Morgan fingerprint density at radius 2 is 1.78 bits per heavy atom. The maximum absolute atomic E-state index is 7.19. The quantitative estimate of drug-likeness (QED) is 0.569. The predicted octanol–water partition coefficient (Wildman–Crippen LogP) is 1.37. The normalized spacial score (nSPS) is 10.2. The molecule has 0 atom stereocenters. The Morgan fingerprint density at radius 3 is 1.89 bits per heavy atom. The number of nitrogens with zero attached hydrogens (tertiary/aromatic N) is 1. The van der Waals surface area contributed by atoms with Crippen LogP contribution in [0, 0.1) is 5.41 Å². The summed E-state index contributed by atoms with van der Waals surface area (Å²) in [6.45, 7) is 9.00. The average Bonchev–Trinajstić information content (AvgIpc) is 1.82. The fraction of sp³-hybridized carbons (Fsp3) is 0.857. The molecule has 0 fully saturated rings. The topological polar surface area (TPSA) is 27.1 Å². The first-order valence-corrected chi connectivity index (χ1v) is 3.47. The lowest BCUT2D eigenvalue weighted by Crippen LogP contribution is -2.27. The van der Waals surface area contributed by atoms with Gasteiger partial charge in [-0.15, -0.1) is 0 Å². The van der Waals surface area contributed by atoms with E-state index in [1.807, 2.05) is 6.92 Å². The summed E-state index contributed by atoms with van der Waals surface area (Å²) in [6, 6.07) is 0. The van der Waals surface area contributed by atoms with Gasteiger partial charge in [0, 0.05) is 12.3 Å². The van der Waals surface area contributed by atoms with E-state index in [-0.39, 0.29) is 0 Å². The van der Waals surface area contributed by atoms with Crippen LogP contribution in [0.3, 0.4) is 0 Å². The van der Waals surface area contributed by atoms with E-state index in [4.69, 9.17) is 5.41 Å². The van der Waals surface area contributed by atoms with Crippen molar-refractivity contribution in [3.63, 3.8) is 0 Å². The molecule has 0 rings (SSSR count). The van der Waals surface area contributed by atoms with Crippen LogP contribution in [0.25, 0.3) is 0 Å². The first-order valence-electron chi connectivity index (χ1n) is 3.47. The van der Waals surface area contributed by atoms with Crippen molar-refractivity contribution in [3.8, 4) is 0 Å². The minimum absolute atomic E-state index is 0.749. The van der Waals surface area contributed by atoms with Gasteiger partial charge in [-0.2, -0.15) is 0 Å². The van der Waals surface area contributed by atoms with E-state index in [9.17, 15) is 0 Å². The third-order valence-corrected chi connectivity index (χ3v) is 1.36. The van der Waals surface area contributed by atoms with E-state index in [1.165, 1.54) is 0 Å². The Hall–Kier alpha value is -0.370. The van der Waals surface area contributed by atoms with Gasteiger partial charge in [0.05, 0.1) is 0 Å². The molecule has 0 heterocycles. The van der Waals surface area contributed by atoms with Crippen molar-refractivity contribution in [2.45, 2.75) is 20.8 Å². The maximum Gasteiger partial charge on any atom is 0.0357 e. The van der Waals surface area contributed by atoms with Gasteiger partial charge in [-0.05, 0) is 20.0 Å². The summed E-state index contributed by atoms with van der Waals surface area (Å²) in [5, 5.41) is 7.19. The summed E-state index contributed by atoms with van der Waals surface area (Å²) in [6.07, 6.45) is 0. The minimum Gasteiger partial charge on any atom is -0.309 e. The zero-order valence-corrected chi connectivity index (χ0v) is 6.57. The standard InChI is InChI=1S/C7H16N2/c1-4-9(5-2)6-7(3)8/h8H,4-6H2,1-3H3. The van der Waals surface area contributed by atoms with Crippen LogP contribution in [-0.2, 0) is 0 Å². The monoisotopic (exact) mass is 128 g/mol. The van der Waals surface area contributed by atoms with Crippen LogP contribution in [0.2, 0.25) is 0 Å². The minimum atomic E-state index is 0.749. The molecule has 0 unspecified atom stereocenters. The number of hydrogen-bond donors (Lipinski definition) is 1. The Morgan fingerprint density at radius 1 is 1.33 bits per heavy atom. The molecule has 0 saturated carbocycles. The molecule has 0 aliphatic rings. The Bertz CT molecular complexity index is 84.9. The van der Waals surface area contributed by atoms with Gasteiger partial charge in [0.25, 0.3) is 0 Å². The molecule has 0 radical (unpaired) electrons. The molecule has 0 aliphatic carbocycles. The number of hydrogen-bond acceptors (Lipinski definition) is 2. The van der Waals surface area contributed by atoms with Gasteiger partial charge in [0.2, 0.25) is 0 Å². The molecule has 0 bridgehead atoms. The van der Waals surface area contributed by atoms with Crippen LogP contribution in [-0.4, -0.2) is 30.2 Å². The summed E-state index contributed by atoms with van der Waals surface area (Å²) in [5.41, 5.74) is 0.749. The Labute approximate surface area is 57.4 Å². The van der Waals surface area contributed by atoms with E-state index in [2.05, 4.69) is 18.7 Å². The Kier molecular flexibility index (Phi) is 4.32. The highest BCUT2D eigenvalue weighted by atomic mass is 15.1. The van der Waals surface area contributed by atoms with Gasteiger partial charge in [0.15, 0.2) is 0 Å². The van der Waals surface area contributed by atoms with E-state index < -0.39 is 0 Å². The van der Waals surface area contributed by atoms with Crippen molar-refractivity contribution >= 4 is 5.71 Å².